The van der Waals surface area contributed by atoms with Crippen LogP contribution in [0.15, 0.2) is 23.1 Å². The molecule has 2 heteroatoms. The molecule has 0 saturated carbocycles. The molecule has 62 valence electrons. The zero-order valence-electron chi connectivity index (χ0n) is 6.91. The van der Waals surface area contributed by atoms with Crippen molar-refractivity contribution < 1.29 is 4.79 Å². The molecule has 0 spiro atoms. The molecule has 0 radical (unpaired) electrons. The second kappa shape index (κ2) is 2.94. The number of carbonyl (C=O) groups is 1. The fourth-order valence-corrected chi connectivity index (χ4v) is 2.86. The van der Waals surface area contributed by atoms with Crippen molar-refractivity contribution in [2.24, 2.45) is 0 Å². The number of hydrogen-bond donors (Lipinski definition) is 0. The molecule has 2 rings (SSSR count). The van der Waals surface area contributed by atoms with E-state index in [1.807, 2.05) is 23.9 Å². The number of rotatable bonds is 1. The fraction of sp³-hybridized carbons (Fsp3) is 0.300. The lowest BCUT2D eigenvalue weighted by Crippen LogP contribution is -1.95. The van der Waals surface area contributed by atoms with Gasteiger partial charge in [0.1, 0.15) is 6.29 Å². The van der Waals surface area contributed by atoms with Gasteiger partial charge in [0, 0.05) is 16.2 Å². The van der Waals surface area contributed by atoms with Crippen LogP contribution in [0.3, 0.4) is 0 Å². The van der Waals surface area contributed by atoms with E-state index >= 15 is 0 Å². The van der Waals surface area contributed by atoms with E-state index in [1.54, 1.807) is 0 Å². The molecule has 1 aliphatic heterocycles. The molecular formula is C10H10OS. The van der Waals surface area contributed by atoms with Crippen LogP contribution in [0.5, 0.6) is 0 Å². The Kier molecular flexibility index (Phi) is 1.93. The summed E-state index contributed by atoms with van der Waals surface area (Å²) in [7, 11) is 0. The van der Waals surface area contributed by atoms with Crippen molar-refractivity contribution in [3.05, 3.63) is 29.3 Å². The van der Waals surface area contributed by atoms with Crippen molar-refractivity contribution in [1.82, 2.24) is 0 Å². The minimum absolute atomic E-state index is 0.534. The van der Waals surface area contributed by atoms with Gasteiger partial charge in [0.2, 0.25) is 0 Å². The highest BCUT2D eigenvalue weighted by atomic mass is 32.2. The maximum atomic E-state index is 10.7. The van der Waals surface area contributed by atoms with E-state index in [9.17, 15) is 4.79 Å². The molecule has 12 heavy (non-hydrogen) atoms. The van der Waals surface area contributed by atoms with Crippen molar-refractivity contribution in [2.45, 2.75) is 17.7 Å². The number of carbonyl (C=O) groups excluding carboxylic acids is 1. The summed E-state index contributed by atoms with van der Waals surface area (Å²) in [6, 6.07) is 5.94. The van der Waals surface area contributed by atoms with Crippen LogP contribution in [-0.2, 0) is 0 Å². The highest BCUT2D eigenvalue weighted by Gasteiger charge is 2.21. The van der Waals surface area contributed by atoms with Gasteiger partial charge in [0.25, 0.3) is 0 Å². The van der Waals surface area contributed by atoms with Crippen LogP contribution >= 0.6 is 11.8 Å². The fourth-order valence-electron chi connectivity index (χ4n) is 1.62. The van der Waals surface area contributed by atoms with Crippen molar-refractivity contribution in [3.63, 3.8) is 0 Å². The number of fused-ring (bicyclic) bond motifs is 1. The Bertz CT molecular complexity index is 320. The average molecular weight is 178 g/mol. The first-order chi connectivity index (χ1) is 5.83. The summed E-state index contributed by atoms with van der Waals surface area (Å²) in [5.74, 6) is 1.64. The molecule has 0 aliphatic carbocycles. The van der Waals surface area contributed by atoms with E-state index in [1.165, 1.54) is 10.5 Å². The molecule has 1 aromatic carbocycles. The summed E-state index contributed by atoms with van der Waals surface area (Å²) >= 11 is 1.85. The monoisotopic (exact) mass is 178 g/mol. The van der Waals surface area contributed by atoms with Crippen LogP contribution in [0.4, 0.5) is 0 Å². The van der Waals surface area contributed by atoms with Gasteiger partial charge in [-0.1, -0.05) is 19.1 Å². The molecule has 1 heterocycles. The Balaban J connectivity index is 2.60. The van der Waals surface area contributed by atoms with Crippen LogP contribution in [0.2, 0.25) is 0 Å². The van der Waals surface area contributed by atoms with Gasteiger partial charge >= 0.3 is 0 Å². The maximum absolute atomic E-state index is 10.7. The number of aldehydes is 1. The lowest BCUT2D eigenvalue weighted by molar-refractivity contribution is 0.112. The third-order valence-electron chi connectivity index (χ3n) is 2.21. The molecular weight excluding hydrogens is 168 g/mol. The molecule has 1 aromatic rings. The summed E-state index contributed by atoms with van der Waals surface area (Å²) in [4.78, 5) is 12.0. The van der Waals surface area contributed by atoms with Crippen molar-refractivity contribution >= 4 is 18.0 Å². The van der Waals surface area contributed by atoms with Gasteiger partial charge in [-0.25, -0.2) is 0 Å². The normalized spacial score (nSPS) is 20.6. The third kappa shape index (κ3) is 1.07. The average Bonchev–Trinajstić information content (AvgIpc) is 2.48. The van der Waals surface area contributed by atoms with Crippen LogP contribution in [0, 0.1) is 0 Å². The lowest BCUT2D eigenvalue weighted by atomic mass is 9.98. The van der Waals surface area contributed by atoms with Gasteiger partial charge in [0.05, 0.1) is 0 Å². The summed E-state index contributed by atoms with van der Waals surface area (Å²) < 4.78 is 0. The predicted octanol–water partition coefficient (Wildman–Crippen LogP) is 2.71. The first kappa shape index (κ1) is 7.87. The van der Waals surface area contributed by atoms with Gasteiger partial charge in [-0.3, -0.25) is 4.79 Å². The molecule has 0 N–H and O–H groups in total. The van der Waals surface area contributed by atoms with Crippen LogP contribution in [0.1, 0.15) is 28.8 Å². The van der Waals surface area contributed by atoms with Gasteiger partial charge in [-0.15, -0.1) is 11.8 Å². The molecule has 1 aliphatic rings. The van der Waals surface area contributed by atoms with Crippen LogP contribution < -0.4 is 0 Å². The molecule has 0 saturated heterocycles. The standard InChI is InChI=1S/C10H10OS/c1-7-6-12-9-4-2-3-8(5-11)10(7)9/h2-5,7H,6H2,1H3. The summed E-state index contributed by atoms with van der Waals surface area (Å²) in [6.07, 6.45) is 0.960. The zero-order valence-corrected chi connectivity index (χ0v) is 7.73. The van der Waals surface area contributed by atoms with E-state index in [2.05, 4.69) is 13.0 Å². The van der Waals surface area contributed by atoms with Gasteiger partial charge in [0.15, 0.2) is 0 Å². The third-order valence-corrected chi connectivity index (χ3v) is 3.54. The molecule has 0 amide bonds. The van der Waals surface area contributed by atoms with Crippen molar-refractivity contribution in [1.29, 1.82) is 0 Å². The quantitative estimate of drug-likeness (QED) is 0.615. The highest BCUT2D eigenvalue weighted by molar-refractivity contribution is 7.99. The topological polar surface area (TPSA) is 17.1 Å². The number of hydrogen-bond acceptors (Lipinski definition) is 2. The molecule has 0 bridgehead atoms. The summed E-state index contributed by atoms with van der Waals surface area (Å²) in [6.45, 7) is 2.17. The van der Waals surface area contributed by atoms with E-state index in [-0.39, 0.29) is 0 Å². The van der Waals surface area contributed by atoms with Crippen molar-refractivity contribution in [3.8, 4) is 0 Å². The van der Waals surface area contributed by atoms with Crippen LogP contribution in [-0.4, -0.2) is 12.0 Å². The van der Waals surface area contributed by atoms with E-state index in [0.29, 0.717) is 5.92 Å². The summed E-state index contributed by atoms with van der Waals surface area (Å²) in [5, 5.41) is 0. The predicted molar refractivity (Wildman–Crippen MR) is 51.0 cm³/mol. The van der Waals surface area contributed by atoms with Gasteiger partial charge < -0.3 is 0 Å². The Hall–Kier alpha value is -0.760. The van der Waals surface area contributed by atoms with E-state index in [4.69, 9.17) is 0 Å². The van der Waals surface area contributed by atoms with E-state index in [0.717, 1.165) is 17.6 Å². The van der Waals surface area contributed by atoms with Crippen LogP contribution in [0.25, 0.3) is 0 Å². The highest BCUT2D eigenvalue weighted by Crippen LogP contribution is 2.40. The SMILES string of the molecule is CC1CSc2cccc(C=O)c21. The van der Waals surface area contributed by atoms with Crippen molar-refractivity contribution in [2.75, 3.05) is 5.75 Å². The molecule has 0 fully saturated rings. The number of thioether (sulfide) groups is 1. The molecule has 1 atom stereocenters. The molecule has 1 unspecified atom stereocenters. The Morgan fingerprint density at radius 3 is 3.17 bits per heavy atom. The second-order valence-corrected chi connectivity index (χ2v) is 4.15. The largest absolute Gasteiger partial charge is 0.298 e. The van der Waals surface area contributed by atoms with Gasteiger partial charge in [-0.2, -0.15) is 0 Å². The Labute approximate surface area is 76.2 Å². The number of benzene rings is 1. The smallest absolute Gasteiger partial charge is 0.150 e. The lowest BCUT2D eigenvalue weighted by Gasteiger charge is -2.05. The minimum Gasteiger partial charge on any atom is -0.298 e. The summed E-state index contributed by atoms with van der Waals surface area (Å²) in [5.41, 5.74) is 2.11. The Morgan fingerprint density at radius 2 is 2.42 bits per heavy atom. The minimum atomic E-state index is 0.534. The van der Waals surface area contributed by atoms with E-state index < -0.39 is 0 Å². The second-order valence-electron chi connectivity index (χ2n) is 3.09. The maximum Gasteiger partial charge on any atom is 0.150 e. The van der Waals surface area contributed by atoms with Gasteiger partial charge in [-0.05, 0) is 17.5 Å². The Morgan fingerprint density at radius 1 is 1.58 bits per heavy atom. The molecule has 1 nitrogen and oxygen atoms in total. The molecule has 0 aromatic heterocycles. The first-order valence-corrected chi connectivity index (χ1v) is 5.02. The zero-order chi connectivity index (χ0) is 8.55. The first-order valence-electron chi connectivity index (χ1n) is 4.04.